The smallest absolute Gasteiger partial charge is 0.253 e. The van der Waals surface area contributed by atoms with Crippen molar-refractivity contribution in [2.45, 2.75) is 20.3 Å². The summed E-state index contributed by atoms with van der Waals surface area (Å²) in [5.41, 5.74) is 0.621. The Kier molecular flexibility index (Phi) is 5.47. The van der Waals surface area contributed by atoms with Crippen LogP contribution in [-0.4, -0.2) is 24.4 Å². The third kappa shape index (κ3) is 4.32. The zero-order valence-electron chi connectivity index (χ0n) is 10.3. The lowest BCUT2D eigenvalue weighted by molar-refractivity contribution is 0.0775. The van der Waals surface area contributed by atoms with Crippen LogP contribution in [0.25, 0.3) is 0 Å². The van der Waals surface area contributed by atoms with Crippen LogP contribution in [0, 0.1) is 5.92 Å². The maximum absolute atomic E-state index is 12.1. The lowest BCUT2D eigenvalue weighted by atomic mass is 10.1. The molecule has 1 atom stereocenters. The second-order valence-electron chi connectivity index (χ2n) is 4.36. The molecule has 0 N–H and O–H groups in total. The number of amides is 1. The molecule has 0 fully saturated rings. The fraction of sp³-hybridized carbons (Fsp3) is 0.462. The summed E-state index contributed by atoms with van der Waals surface area (Å²) in [6, 6.07) is 5.26. The molecule has 94 valence electrons. The van der Waals surface area contributed by atoms with Crippen LogP contribution in [0.15, 0.2) is 22.7 Å². The third-order valence-electron chi connectivity index (χ3n) is 2.74. The van der Waals surface area contributed by atoms with Gasteiger partial charge in [0.25, 0.3) is 5.91 Å². The van der Waals surface area contributed by atoms with E-state index in [1.165, 1.54) is 0 Å². The Morgan fingerprint density at radius 2 is 2.12 bits per heavy atom. The van der Waals surface area contributed by atoms with Crippen LogP contribution in [0.5, 0.6) is 0 Å². The zero-order valence-corrected chi connectivity index (χ0v) is 12.7. The molecule has 0 spiro atoms. The maximum atomic E-state index is 12.1. The fourth-order valence-electron chi connectivity index (χ4n) is 1.58. The minimum atomic E-state index is 0.00787. The second-order valence-corrected chi connectivity index (χ2v) is 5.71. The van der Waals surface area contributed by atoms with Crippen LogP contribution in [0.4, 0.5) is 0 Å². The average molecular weight is 319 g/mol. The van der Waals surface area contributed by atoms with Crippen molar-refractivity contribution in [1.29, 1.82) is 0 Å². The summed E-state index contributed by atoms with van der Waals surface area (Å²) in [6.45, 7) is 5.02. The molecule has 0 aliphatic heterocycles. The molecule has 0 saturated carbocycles. The van der Waals surface area contributed by atoms with Crippen molar-refractivity contribution in [3.63, 3.8) is 0 Å². The van der Waals surface area contributed by atoms with Gasteiger partial charge in [-0.1, -0.05) is 47.8 Å². The number of halogens is 2. The van der Waals surface area contributed by atoms with Gasteiger partial charge in [0.15, 0.2) is 0 Å². The Hall–Kier alpha value is -0.540. The fourth-order valence-corrected chi connectivity index (χ4v) is 2.44. The van der Waals surface area contributed by atoms with Crippen molar-refractivity contribution in [3.8, 4) is 0 Å². The minimum Gasteiger partial charge on any atom is -0.341 e. The Bertz CT molecular complexity index is 388. The standard InChI is InChI=1S/C13H17BrClNO/c1-4-9(2)8-16(3)13(17)10-5-11(14)7-12(15)6-10/h5-7,9H,4,8H2,1-3H3. The molecular formula is C13H17BrClNO. The zero-order chi connectivity index (χ0) is 13.0. The molecule has 1 aromatic carbocycles. The van der Waals surface area contributed by atoms with Gasteiger partial charge in [0, 0.05) is 28.7 Å². The predicted octanol–water partition coefficient (Wildman–Crippen LogP) is 4.22. The van der Waals surface area contributed by atoms with Crippen molar-refractivity contribution >= 4 is 33.4 Å². The number of nitrogens with zero attached hydrogens (tertiary/aromatic N) is 1. The SMILES string of the molecule is CCC(C)CN(C)C(=O)c1cc(Cl)cc(Br)c1. The van der Waals surface area contributed by atoms with E-state index in [4.69, 9.17) is 11.6 Å². The van der Waals surface area contributed by atoms with Crippen LogP contribution in [-0.2, 0) is 0 Å². The van der Waals surface area contributed by atoms with E-state index in [-0.39, 0.29) is 5.91 Å². The number of hydrogen-bond acceptors (Lipinski definition) is 1. The summed E-state index contributed by atoms with van der Waals surface area (Å²) < 4.78 is 0.824. The minimum absolute atomic E-state index is 0.00787. The second kappa shape index (κ2) is 6.41. The van der Waals surface area contributed by atoms with E-state index < -0.39 is 0 Å². The molecular weight excluding hydrogens is 302 g/mol. The van der Waals surface area contributed by atoms with Gasteiger partial charge in [-0.25, -0.2) is 0 Å². The molecule has 1 unspecified atom stereocenters. The van der Waals surface area contributed by atoms with E-state index >= 15 is 0 Å². The van der Waals surface area contributed by atoms with Gasteiger partial charge in [-0.15, -0.1) is 0 Å². The molecule has 2 nitrogen and oxygen atoms in total. The number of carbonyl (C=O) groups is 1. The van der Waals surface area contributed by atoms with Crippen molar-refractivity contribution in [1.82, 2.24) is 4.90 Å². The molecule has 0 radical (unpaired) electrons. The van der Waals surface area contributed by atoms with Crippen molar-refractivity contribution in [2.24, 2.45) is 5.92 Å². The Morgan fingerprint density at radius 1 is 1.47 bits per heavy atom. The predicted molar refractivity (Wildman–Crippen MR) is 75.6 cm³/mol. The van der Waals surface area contributed by atoms with Gasteiger partial charge < -0.3 is 4.90 Å². The van der Waals surface area contributed by atoms with Crippen molar-refractivity contribution in [2.75, 3.05) is 13.6 Å². The molecule has 1 aromatic rings. The normalized spacial score (nSPS) is 12.3. The van der Waals surface area contributed by atoms with E-state index in [9.17, 15) is 4.79 Å². The molecule has 0 aliphatic carbocycles. The first-order valence-corrected chi connectivity index (χ1v) is 6.82. The van der Waals surface area contributed by atoms with Crippen LogP contribution in [0.1, 0.15) is 30.6 Å². The van der Waals surface area contributed by atoms with E-state index in [1.54, 1.807) is 23.1 Å². The van der Waals surface area contributed by atoms with Crippen LogP contribution >= 0.6 is 27.5 Å². The molecule has 1 rings (SSSR count). The largest absolute Gasteiger partial charge is 0.341 e. The Balaban J connectivity index is 2.81. The Morgan fingerprint density at radius 3 is 2.65 bits per heavy atom. The molecule has 0 saturated heterocycles. The first-order valence-electron chi connectivity index (χ1n) is 5.65. The van der Waals surface area contributed by atoms with E-state index in [0.29, 0.717) is 16.5 Å². The Labute approximate surface area is 116 Å². The highest BCUT2D eigenvalue weighted by Gasteiger charge is 2.14. The highest BCUT2D eigenvalue weighted by molar-refractivity contribution is 9.10. The van der Waals surface area contributed by atoms with Gasteiger partial charge in [-0.2, -0.15) is 0 Å². The monoisotopic (exact) mass is 317 g/mol. The summed E-state index contributed by atoms with van der Waals surface area (Å²) in [5, 5.41) is 0.569. The third-order valence-corrected chi connectivity index (χ3v) is 3.41. The van der Waals surface area contributed by atoms with Crippen LogP contribution < -0.4 is 0 Å². The molecule has 0 bridgehead atoms. The summed E-state index contributed by atoms with van der Waals surface area (Å²) in [6.07, 6.45) is 1.07. The van der Waals surface area contributed by atoms with Gasteiger partial charge >= 0.3 is 0 Å². The quantitative estimate of drug-likeness (QED) is 0.814. The summed E-state index contributed by atoms with van der Waals surface area (Å²) in [4.78, 5) is 13.9. The molecule has 4 heteroatoms. The van der Waals surface area contributed by atoms with Crippen LogP contribution in [0.2, 0.25) is 5.02 Å². The summed E-state index contributed by atoms with van der Waals surface area (Å²) in [5.74, 6) is 0.514. The molecule has 17 heavy (non-hydrogen) atoms. The van der Waals surface area contributed by atoms with Gasteiger partial charge in [0.05, 0.1) is 0 Å². The highest BCUT2D eigenvalue weighted by Crippen LogP contribution is 2.20. The summed E-state index contributed by atoms with van der Waals surface area (Å²) >= 11 is 9.27. The average Bonchev–Trinajstić information content (AvgIpc) is 2.26. The first-order chi connectivity index (χ1) is 7.93. The maximum Gasteiger partial charge on any atom is 0.253 e. The number of hydrogen-bond donors (Lipinski definition) is 0. The van der Waals surface area contributed by atoms with Crippen LogP contribution in [0.3, 0.4) is 0 Å². The topological polar surface area (TPSA) is 20.3 Å². The van der Waals surface area contributed by atoms with Gasteiger partial charge in [-0.05, 0) is 24.1 Å². The van der Waals surface area contributed by atoms with Gasteiger partial charge in [0.1, 0.15) is 0 Å². The van der Waals surface area contributed by atoms with E-state index in [2.05, 4.69) is 29.8 Å². The van der Waals surface area contributed by atoms with Gasteiger partial charge in [0.2, 0.25) is 0 Å². The molecule has 0 heterocycles. The highest BCUT2D eigenvalue weighted by atomic mass is 79.9. The number of carbonyl (C=O) groups excluding carboxylic acids is 1. The first kappa shape index (κ1) is 14.5. The molecule has 0 aromatic heterocycles. The van der Waals surface area contributed by atoms with Gasteiger partial charge in [-0.3, -0.25) is 4.79 Å². The molecule has 1 amide bonds. The van der Waals surface area contributed by atoms with Crippen molar-refractivity contribution in [3.05, 3.63) is 33.3 Å². The van der Waals surface area contributed by atoms with E-state index in [0.717, 1.165) is 17.4 Å². The number of benzene rings is 1. The lowest BCUT2D eigenvalue weighted by Crippen LogP contribution is -2.30. The number of rotatable bonds is 4. The molecule has 0 aliphatic rings. The van der Waals surface area contributed by atoms with E-state index in [1.807, 2.05) is 7.05 Å². The lowest BCUT2D eigenvalue weighted by Gasteiger charge is -2.21. The summed E-state index contributed by atoms with van der Waals surface area (Å²) in [7, 11) is 1.82. The van der Waals surface area contributed by atoms with Crippen molar-refractivity contribution < 1.29 is 4.79 Å².